The number of aryl methyl sites for hydroxylation is 2. The van der Waals surface area contributed by atoms with E-state index in [0.29, 0.717) is 11.3 Å². The van der Waals surface area contributed by atoms with E-state index in [2.05, 4.69) is 15.2 Å². The topological polar surface area (TPSA) is 99.2 Å². The molecular weight excluding hydrogens is 344 g/mol. The SMILES string of the molecule is COC(=O)c1cnn(-c2ccc(C(=O)Nc3ccc(C)c(C)c3)cc2)c1N. The van der Waals surface area contributed by atoms with Crippen LogP contribution < -0.4 is 11.1 Å². The average Bonchev–Trinajstić information content (AvgIpc) is 3.05. The molecule has 0 fully saturated rings. The van der Waals surface area contributed by atoms with Crippen LogP contribution in [0, 0.1) is 13.8 Å². The summed E-state index contributed by atoms with van der Waals surface area (Å²) in [6.07, 6.45) is 1.35. The first-order valence-electron chi connectivity index (χ1n) is 8.31. The molecule has 0 saturated carbocycles. The summed E-state index contributed by atoms with van der Waals surface area (Å²) in [4.78, 5) is 24.1. The van der Waals surface area contributed by atoms with Crippen LogP contribution in [0.15, 0.2) is 48.7 Å². The highest BCUT2D eigenvalue weighted by Crippen LogP contribution is 2.19. The molecule has 0 saturated heterocycles. The first-order chi connectivity index (χ1) is 12.9. The van der Waals surface area contributed by atoms with Crippen LogP contribution in [-0.4, -0.2) is 28.8 Å². The highest BCUT2D eigenvalue weighted by Gasteiger charge is 2.16. The molecule has 1 amide bonds. The minimum absolute atomic E-state index is 0.175. The lowest BCUT2D eigenvalue weighted by Gasteiger charge is -2.09. The van der Waals surface area contributed by atoms with Gasteiger partial charge in [0.15, 0.2) is 0 Å². The zero-order valence-electron chi connectivity index (χ0n) is 15.3. The molecule has 3 rings (SSSR count). The molecule has 7 nitrogen and oxygen atoms in total. The molecular formula is C20H20N4O3. The first-order valence-corrected chi connectivity index (χ1v) is 8.31. The zero-order chi connectivity index (χ0) is 19.6. The van der Waals surface area contributed by atoms with Crippen LogP contribution in [0.4, 0.5) is 11.5 Å². The normalized spacial score (nSPS) is 10.5. The van der Waals surface area contributed by atoms with Crippen molar-refractivity contribution < 1.29 is 14.3 Å². The van der Waals surface area contributed by atoms with Crippen molar-refractivity contribution in [3.05, 3.63) is 70.9 Å². The van der Waals surface area contributed by atoms with Crippen LogP contribution in [0.5, 0.6) is 0 Å². The van der Waals surface area contributed by atoms with Gasteiger partial charge >= 0.3 is 5.97 Å². The molecule has 0 atom stereocenters. The fourth-order valence-corrected chi connectivity index (χ4v) is 2.61. The molecule has 3 N–H and O–H groups in total. The molecule has 0 aliphatic heterocycles. The zero-order valence-corrected chi connectivity index (χ0v) is 15.3. The van der Waals surface area contributed by atoms with E-state index >= 15 is 0 Å². The van der Waals surface area contributed by atoms with E-state index in [1.807, 2.05) is 32.0 Å². The van der Waals surface area contributed by atoms with Crippen molar-refractivity contribution in [3.63, 3.8) is 0 Å². The molecule has 3 aromatic rings. The molecule has 2 aromatic carbocycles. The lowest BCUT2D eigenvalue weighted by molar-refractivity contribution is 0.0602. The second kappa shape index (κ2) is 7.33. The molecule has 0 aliphatic rings. The maximum absolute atomic E-state index is 12.4. The van der Waals surface area contributed by atoms with Gasteiger partial charge in [0.1, 0.15) is 11.4 Å². The number of amides is 1. The minimum atomic E-state index is -0.553. The number of benzene rings is 2. The van der Waals surface area contributed by atoms with Crippen LogP contribution in [0.2, 0.25) is 0 Å². The van der Waals surface area contributed by atoms with E-state index in [-0.39, 0.29) is 17.3 Å². The maximum atomic E-state index is 12.4. The summed E-state index contributed by atoms with van der Waals surface area (Å²) in [5.41, 5.74) is 10.3. The second-order valence-electron chi connectivity index (χ2n) is 6.15. The van der Waals surface area contributed by atoms with Crippen LogP contribution in [0.3, 0.4) is 0 Å². The Labute approximate surface area is 156 Å². The fraction of sp³-hybridized carbons (Fsp3) is 0.150. The second-order valence-corrected chi connectivity index (χ2v) is 6.15. The number of hydrogen-bond donors (Lipinski definition) is 2. The lowest BCUT2D eigenvalue weighted by Crippen LogP contribution is -2.12. The van der Waals surface area contributed by atoms with Gasteiger partial charge in [0, 0.05) is 11.3 Å². The Hall–Kier alpha value is -3.61. The molecule has 1 aromatic heterocycles. The number of carbonyl (C=O) groups is 2. The van der Waals surface area contributed by atoms with Crippen LogP contribution >= 0.6 is 0 Å². The summed E-state index contributed by atoms with van der Waals surface area (Å²) in [5, 5.41) is 6.98. The summed E-state index contributed by atoms with van der Waals surface area (Å²) in [5.74, 6) is -0.592. The number of nitrogen functional groups attached to an aromatic ring is 1. The van der Waals surface area contributed by atoms with Crippen molar-refractivity contribution in [2.24, 2.45) is 0 Å². The monoisotopic (exact) mass is 364 g/mol. The molecule has 138 valence electrons. The standard InChI is InChI=1S/C20H20N4O3/c1-12-4-7-15(10-13(12)2)23-19(25)14-5-8-16(9-6-14)24-18(21)17(11-22-24)20(26)27-3/h4-11H,21H2,1-3H3,(H,23,25). The van der Waals surface area contributed by atoms with Gasteiger partial charge < -0.3 is 15.8 Å². The highest BCUT2D eigenvalue weighted by atomic mass is 16.5. The van der Waals surface area contributed by atoms with Gasteiger partial charge in [0.05, 0.1) is 19.0 Å². The molecule has 1 heterocycles. The third kappa shape index (κ3) is 3.67. The van der Waals surface area contributed by atoms with Crippen LogP contribution in [0.1, 0.15) is 31.8 Å². The number of anilines is 2. The highest BCUT2D eigenvalue weighted by molar-refractivity contribution is 6.04. The summed E-state index contributed by atoms with van der Waals surface area (Å²) in [6.45, 7) is 4.02. The number of nitrogens with zero attached hydrogens (tertiary/aromatic N) is 2. The Morgan fingerprint density at radius 2 is 1.78 bits per heavy atom. The number of hydrogen-bond acceptors (Lipinski definition) is 5. The smallest absolute Gasteiger partial charge is 0.343 e. The predicted octanol–water partition coefficient (Wildman–Crippen LogP) is 3.11. The number of ether oxygens (including phenoxy) is 1. The number of rotatable bonds is 4. The van der Waals surface area contributed by atoms with Crippen LogP contribution in [-0.2, 0) is 4.74 Å². The van der Waals surface area contributed by atoms with E-state index in [0.717, 1.165) is 11.3 Å². The molecule has 27 heavy (non-hydrogen) atoms. The van der Waals surface area contributed by atoms with Crippen molar-refractivity contribution in [2.45, 2.75) is 13.8 Å². The summed E-state index contributed by atoms with van der Waals surface area (Å²) >= 11 is 0. The van der Waals surface area contributed by atoms with Gasteiger partial charge in [-0.05, 0) is 61.4 Å². The number of methoxy groups -OCH3 is 1. The Morgan fingerprint density at radius 3 is 2.41 bits per heavy atom. The Morgan fingerprint density at radius 1 is 1.07 bits per heavy atom. The molecule has 0 radical (unpaired) electrons. The van der Waals surface area contributed by atoms with E-state index in [9.17, 15) is 9.59 Å². The molecule has 0 aliphatic carbocycles. The van der Waals surface area contributed by atoms with E-state index in [1.54, 1.807) is 24.3 Å². The predicted molar refractivity (Wildman–Crippen MR) is 103 cm³/mol. The van der Waals surface area contributed by atoms with Gasteiger partial charge in [0.2, 0.25) is 0 Å². The fourth-order valence-electron chi connectivity index (χ4n) is 2.61. The Bertz CT molecular complexity index is 1010. The van der Waals surface area contributed by atoms with Gasteiger partial charge in [-0.15, -0.1) is 0 Å². The van der Waals surface area contributed by atoms with Crippen LogP contribution in [0.25, 0.3) is 5.69 Å². The number of carbonyl (C=O) groups excluding carboxylic acids is 2. The third-order valence-electron chi connectivity index (χ3n) is 4.35. The number of nitrogens with two attached hydrogens (primary N) is 1. The van der Waals surface area contributed by atoms with Crippen molar-refractivity contribution in [1.29, 1.82) is 0 Å². The van der Waals surface area contributed by atoms with E-state index < -0.39 is 5.97 Å². The summed E-state index contributed by atoms with van der Waals surface area (Å²) in [7, 11) is 1.28. The van der Waals surface area contributed by atoms with E-state index in [4.69, 9.17) is 5.73 Å². The average molecular weight is 364 g/mol. The minimum Gasteiger partial charge on any atom is -0.465 e. The Kier molecular flexibility index (Phi) is 4.94. The molecule has 7 heteroatoms. The lowest BCUT2D eigenvalue weighted by atomic mass is 10.1. The van der Waals surface area contributed by atoms with Gasteiger partial charge in [-0.25, -0.2) is 9.48 Å². The van der Waals surface area contributed by atoms with Gasteiger partial charge in [-0.1, -0.05) is 6.07 Å². The van der Waals surface area contributed by atoms with Gasteiger partial charge in [0.25, 0.3) is 5.91 Å². The molecule has 0 spiro atoms. The number of esters is 1. The molecule has 0 bridgehead atoms. The van der Waals surface area contributed by atoms with Crippen molar-refractivity contribution in [1.82, 2.24) is 9.78 Å². The van der Waals surface area contributed by atoms with E-state index in [1.165, 1.54) is 23.6 Å². The van der Waals surface area contributed by atoms with Gasteiger partial charge in [-0.2, -0.15) is 5.10 Å². The quantitative estimate of drug-likeness (QED) is 0.693. The summed E-state index contributed by atoms with van der Waals surface area (Å²) in [6, 6.07) is 12.5. The third-order valence-corrected chi connectivity index (χ3v) is 4.35. The van der Waals surface area contributed by atoms with Crippen molar-refractivity contribution >= 4 is 23.4 Å². The first kappa shape index (κ1) is 18.2. The molecule has 0 unspecified atom stereocenters. The summed E-state index contributed by atoms with van der Waals surface area (Å²) < 4.78 is 6.08. The number of aromatic nitrogens is 2. The van der Waals surface area contributed by atoms with Crippen molar-refractivity contribution in [3.8, 4) is 5.69 Å². The maximum Gasteiger partial charge on any atom is 0.343 e. The largest absolute Gasteiger partial charge is 0.465 e. The number of nitrogens with one attached hydrogen (secondary N) is 1. The van der Waals surface area contributed by atoms with Gasteiger partial charge in [-0.3, -0.25) is 4.79 Å². The Balaban J connectivity index is 1.79. The van der Waals surface area contributed by atoms with Crippen molar-refractivity contribution in [2.75, 3.05) is 18.2 Å².